The van der Waals surface area contributed by atoms with Crippen molar-refractivity contribution >= 4 is 17.4 Å². The van der Waals surface area contributed by atoms with Crippen LogP contribution < -0.4 is 10.1 Å². The average Bonchev–Trinajstić information content (AvgIpc) is 2.72. The van der Waals surface area contributed by atoms with Gasteiger partial charge in [-0.05, 0) is 24.6 Å². The highest BCUT2D eigenvalue weighted by atomic mass is 35.5. The second-order valence-corrected chi connectivity index (χ2v) is 3.99. The molecule has 0 radical (unpaired) electrons. The molecule has 0 aliphatic rings. The second kappa shape index (κ2) is 5.05. The van der Waals surface area contributed by atoms with Crippen molar-refractivity contribution in [3.05, 3.63) is 34.5 Å². The Kier molecular flexibility index (Phi) is 3.49. The van der Waals surface area contributed by atoms with E-state index in [1.165, 1.54) is 0 Å². The smallest absolute Gasteiger partial charge is 0.171 e. The molecule has 0 spiro atoms. The van der Waals surface area contributed by atoms with E-state index in [0.717, 1.165) is 17.1 Å². The van der Waals surface area contributed by atoms with Crippen LogP contribution in [-0.4, -0.2) is 22.5 Å². The van der Waals surface area contributed by atoms with Crippen LogP contribution in [0.1, 0.15) is 11.3 Å². The molecule has 0 aliphatic heterocycles. The SMILES string of the molecule is COc1ccc(CNc2n[nH]nc2C)cc1Cl. The number of hydrogen-bond donors (Lipinski definition) is 2. The van der Waals surface area contributed by atoms with Gasteiger partial charge >= 0.3 is 0 Å². The average molecular weight is 253 g/mol. The third kappa shape index (κ3) is 2.68. The molecule has 1 heterocycles. The van der Waals surface area contributed by atoms with E-state index in [2.05, 4.69) is 20.7 Å². The highest BCUT2D eigenvalue weighted by Gasteiger charge is 2.04. The van der Waals surface area contributed by atoms with Gasteiger partial charge in [-0.25, -0.2) is 0 Å². The molecule has 0 unspecified atom stereocenters. The normalized spacial score (nSPS) is 10.3. The van der Waals surface area contributed by atoms with Gasteiger partial charge in [-0.3, -0.25) is 0 Å². The van der Waals surface area contributed by atoms with Gasteiger partial charge in [0.15, 0.2) is 5.82 Å². The molecule has 0 aliphatic carbocycles. The van der Waals surface area contributed by atoms with Crippen LogP contribution in [0.2, 0.25) is 5.02 Å². The predicted octanol–water partition coefficient (Wildman–Crippen LogP) is 2.39. The van der Waals surface area contributed by atoms with Crippen molar-refractivity contribution in [1.82, 2.24) is 15.4 Å². The number of ether oxygens (including phenoxy) is 1. The van der Waals surface area contributed by atoms with Crippen molar-refractivity contribution in [2.45, 2.75) is 13.5 Å². The van der Waals surface area contributed by atoms with Crippen LogP contribution >= 0.6 is 11.6 Å². The van der Waals surface area contributed by atoms with Gasteiger partial charge in [-0.15, -0.1) is 5.10 Å². The van der Waals surface area contributed by atoms with Crippen LogP contribution in [0.5, 0.6) is 5.75 Å². The van der Waals surface area contributed by atoms with Crippen LogP contribution in [0.3, 0.4) is 0 Å². The first kappa shape index (κ1) is 11.7. The van der Waals surface area contributed by atoms with Gasteiger partial charge in [0, 0.05) is 6.54 Å². The van der Waals surface area contributed by atoms with Crippen LogP contribution in [-0.2, 0) is 6.54 Å². The fraction of sp³-hybridized carbons (Fsp3) is 0.273. The largest absolute Gasteiger partial charge is 0.495 e. The number of anilines is 1. The van der Waals surface area contributed by atoms with Crippen LogP contribution in [0.15, 0.2) is 18.2 Å². The molecule has 90 valence electrons. The first-order valence-corrected chi connectivity index (χ1v) is 5.52. The number of aromatic amines is 1. The lowest BCUT2D eigenvalue weighted by atomic mass is 10.2. The topological polar surface area (TPSA) is 62.8 Å². The number of aryl methyl sites for hydroxylation is 1. The first-order valence-electron chi connectivity index (χ1n) is 5.14. The number of benzene rings is 1. The molecule has 6 heteroatoms. The number of nitrogens with one attached hydrogen (secondary N) is 2. The van der Waals surface area contributed by atoms with Crippen molar-refractivity contribution in [3.63, 3.8) is 0 Å². The van der Waals surface area contributed by atoms with Crippen LogP contribution in [0.25, 0.3) is 0 Å². The quantitative estimate of drug-likeness (QED) is 0.877. The Balaban J connectivity index is 2.05. The molecule has 1 aromatic carbocycles. The summed E-state index contributed by atoms with van der Waals surface area (Å²) in [4.78, 5) is 0. The second-order valence-electron chi connectivity index (χ2n) is 3.58. The zero-order chi connectivity index (χ0) is 12.3. The van der Waals surface area contributed by atoms with Crippen molar-refractivity contribution in [3.8, 4) is 5.75 Å². The van der Waals surface area contributed by atoms with Gasteiger partial charge in [0.2, 0.25) is 0 Å². The van der Waals surface area contributed by atoms with E-state index in [1.54, 1.807) is 7.11 Å². The summed E-state index contributed by atoms with van der Waals surface area (Å²) in [7, 11) is 1.60. The zero-order valence-corrected chi connectivity index (χ0v) is 10.4. The zero-order valence-electron chi connectivity index (χ0n) is 9.62. The van der Waals surface area contributed by atoms with Crippen LogP contribution in [0, 0.1) is 6.92 Å². The molecule has 0 amide bonds. The molecule has 1 aromatic heterocycles. The maximum Gasteiger partial charge on any atom is 0.171 e. The maximum absolute atomic E-state index is 6.03. The molecule has 17 heavy (non-hydrogen) atoms. The fourth-order valence-electron chi connectivity index (χ4n) is 1.46. The van der Waals surface area contributed by atoms with Gasteiger partial charge in [0.1, 0.15) is 11.4 Å². The number of H-pyrrole nitrogens is 1. The van der Waals surface area contributed by atoms with Gasteiger partial charge < -0.3 is 10.1 Å². The Hall–Kier alpha value is -1.75. The van der Waals surface area contributed by atoms with E-state index in [0.29, 0.717) is 17.3 Å². The lowest BCUT2D eigenvalue weighted by Crippen LogP contribution is -2.01. The molecule has 5 nitrogen and oxygen atoms in total. The van der Waals surface area contributed by atoms with Gasteiger partial charge in [0.05, 0.1) is 12.1 Å². The minimum Gasteiger partial charge on any atom is -0.495 e. The summed E-state index contributed by atoms with van der Waals surface area (Å²) in [5, 5.41) is 14.2. The van der Waals surface area contributed by atoms with Gasteiger partial charge in [-0.2, -0.15) is 10.3 Å². The van der Waals surface area contributed by atoms with Crippen molar-refractivity contribution < 1.29 is 4.74 Å². The monoisotopic (exact) mass is 252 g/mol. The van der Waals surface area contributed by atoms with Gasteiger partial charge in [-0.1, -0.05) is 17.7 Å². The maximum atomic E-state index is 6.03. The number of methoxy groups -OCH3 is 1. The summed E-state index contributed by atoms with van der Waals surface area (Å²) in [6, 6.07) is 5.66. The molecule has 2 N–H and O–H groups in total. The summed E-state index contributed by atoms with van der Waals surface area (Å²) in [6.07, 6.45) is 0. The highest BCUT2D eigenvalue weighted by Crippen LogP contribution is 2.25. The number of nitrogens with zero attached hydrogens (tertiary/aromatic N) is 2. The van der Waals surface area contributed by atoms with E-state index >= 15 is 0 Å². The Morgan fingerprint density at radius 1 is 1.41 bits per heavy atom. The third-order valence-corrected chi connectivity index (χ3v) is 2.69. The van der Waals surface area contributed by atoms with E-state index in [9.17, 15) is 0 Å². The van der Waals surface area contributed by atoms with E-state index < -0.39 is 0 Å². The molecule has 0 atom stereocenters. The van der Waals surface area contributed by atoms with Crippen molar-refractivity contribution in [2.24, 2.45) is 0 Å². The van der Waals surface area contributed by atoms with Crippen LogP contribution in [0.4, 0.5) is 5.82 Å². The molecule has 2 rings (SSSR count). The lowest BCUT2D eigenvalue weighted by molar-refractivity contribution is 0.415. The van der Waals surface area contributed by atoms with Gasteiger partial charge in [0.25, 0.3) is 0 Å². The van der Waals surface area contributed by atoms with Crippen molar-refractivity contribution in [1.29, 1.82) is 0 Å². The third-order valence-electron chi connectivity index (χ3n) is 2.40. The standard InChI is InChI=1S/C11H13ClN4O/c1-7-11(15-16-14-7)13-6-8-3-4-10(17-2)9(12)5-8/h3-5H,6H2,1-2H3,(H2,13,14,15,16). The number of halogens is 1. The molecular formula is C11H13ClN4O. The Morgan fingerprint density at radius 2 is 2.24 bits per heavy atom. The minimum atomic E-state index is 0.601. The minimum absolute atomic E-state index is 0.601. The molecular weight excluding hydrogens is 240 g/mol. The molecule has 0 bridgehead atoms. The molecule has 2 aromatic rings. The molecule has 0 saturated carbocycles. The fourth-order valence-corrected chi connectivity index (χ4v) is 1.74. The summed E-state index contributed by atoms with van der Waals surface area (Å²) in [6.45, 7) is 2.52. The summed E-state index contributed by atoms with van der Waals surface area (Å²) in [5.74, 6) is 1.42. The number of aromatic nitrogens is 3. The Labute approximate surface area is 104 Å². The van der Waals surface area contributed by atoms with Crippen molar-refractivity contribution in [2.75, 3.05) is 12.4 Å². The first-order chi connectivity index (χ1) is 8.20. The Bertz CT molecular complexity index is 512. The summed E-state index contributed by atoms with van der Waals surface area (Å²) < 4.78 is 5.09. The molecule has 0 saturated heterocycles. The summed E-state index contributed by atoms with van der Waals surface area (Å²) in [5.41, 5.74) is 1.89. The van der Waals surface area contributed by atoms with E-state index in [-0.39, 0.29) is 0 Å². The van der Waals surface area contributed by atoms with E-state index in [1.807, 2.05) is 25.1 Å². The number of rotatable bonds is 4. The lowest BCUT2D eigenvalue weighted by Gasteiger charge is -2.07. The number of hydrogen-bond acceptors (Lipinski definition) is 4. The van der Waals surface area contributed by atoms with E-state index in [4.69, 9.17) is 16.3 Å². The highest BCUT2D eigenvalue weighted by molar-refractivity contribution is 6.32. The molecule has 0 fully saturated rings. The Morgan fingerprint density at radius 3 is 2.82 bits per heavy atom. The summed E-state index contributed by atoms with van der Waals surface area (Å²) >= 11 is 6.03. The predicted molar refractivity (Wildman–Crippen MR) is 66.5 cm³/mol.